The first kappa shape index (κ1) is 12.4. The molecule has 0 unspecified atom stereocenters. The summed E-state index contributed by atoms with van der Waals surface area (Å²) >= 11 is 1.82. The van der Waals surface area contributed by atoms with E-state index in [-0.39, 0.29) is 5.54 Å². The van der Waals surface area contributed by atoms with Crippen molar-refractivity contribution >= 4 is 17.6 Å². The number of anilines is 1. The Bertz CT molecular complexity index is 336. The van der Waals surface area contributed by atoms with Gasteiger partial charge in [-0.05, 0) is 39.7 Å². The van der Waals surface area contributed by atoms with Crippen LogP contribution in [0, 0.1) is 6.92 Å². The fourth-order valence-corrected chi connectivity index (χ4v) is 2.23. The number of aromatic nitrogens is 2. The van der Waals surface area contributed by atoms with Gasteiger partial charge in [-0.2, -0.15) is 11.8 Å². The maximum atomic E-state index is 6.12. The standard InChI is InChI=1S/C11H21N3S/c1-8-13-9(6-7-15-5)10(12)14(8)11(2,3)4/h6-7,12H2,1-5H3. The zero-order valence-electron chi connectivity index (χ0n) is 10.3. The largest absolute Gasteiger partial charge is 0.384 e. The molecule has 1 heterocycles. The number of aryl methyl sites for hydroxylation is 2. The number of nitrogens with two attached hydrogens (primary N) is 1. The van der Waals surface area contributed by atoms with Crippen LogP contribution >= 0.6 is 11.8 Å². The molecule has 2 N–H and O–H groups in total. The Morgan fingerprint density at radius 3 is 2.40 bits per heavy atom. The lowest BCUT2D eigenvalue weighted by atomic mass is 10.1. The van der Waals surface area contributed by atoms with Crippen LogP contribution in [0.1, 0.15) is 32.3 Å². The fourth-order valence-electron chi connectivity index (χ4n) is 1.84. The van der Waals surface area contributed by atoms with E-state index in [4.69, 9.17) is 5.73 Å². The molecule has 0 aromatic carbocycles. The summed E-state index contributed by atoms with van der Waals surface area (Å²) in [5, 5.41) is 0. The fraction of sp³-hybridized carbons (Fsp3) is 0.727. The first-order chi connectivity index (χ1) is 6.88. The van der Waals surface area contributed by atoms with Crippen LogP contribution in [0.25, 0.3) is 0 Å². The molecule has 0 saturated carbocycles. The summed E-state index contributed by atoms with van der Waals surface area (Å²) in [6.45, 7) is 8.47. The van der Waals surface area contributed by atoms with Crippen molar-refractivity contribution in [2.24, 2.45) is 0 Å². The van der Waals surface area contributed by atoms with Crippen molar-refractivity contribution in [3.05, 3.63) is 11.5 Å². The normalized spacial score (nSPS) is 12.1. The Balaban J connectivity index is 3.04. The summed E-state index contributed by atoms with van der Waals surface area (Å²) in [6, 6.07) is 0. The second-order valence-corrected chi connectivity index (χ2v) is 5.73. The van der Waals surface area contributed by atoms with E-state index in [0.29, 0.717) is 0 Å². The van der Waals surface area contributed by atoms with E-state index >= 15 is 0 Å². The lowest BCUT2D eigenvalue weighted by molar-refractivity contribution is 0.393. The Morgan fingerprint density at radius 1 is 1.40 bits per heavy atom. The predicted octanol–water partition coefficient (Wildman–Crippen LogP) is 2.43. The van der Waals surface area contributed by atoms with Gasteiger partial charge in [0.15, 0.2) is 0 Å². The minimum atomic E-state index is 0.0127. The van der Waals surface area contributed by atoms with Crippen LogP contribution in [0.3, 0.4) is 0 Å². The highest BCUT2D eigenvalue weighted by Gasteiger charge is 2.21. The average molecular weight is 227 g/mol. The van der Waals surface area contributed by atoms with Gasteiger partial charge in [0.2, 0.25) is 0 Å². The molecule has 1 aromatic heterocycles. The molecule has 0 fully saturated rings. The summed E-state index contributed by atoms with van der Waals surface area (Å²) < 4.78 is 2.11. The number of nitrogen functional groups attached to an aromatic ring is 1. The Kier molecular flexibility index (Phi) is 3.71. The molecule has 4 heteroatoms. The summed E-state index contributed by atoms with van der Waals surface area (Å²) in [6.07, 6.45) is 3.06. The van der Waals surface area contributed by atoms with E-state index in [0.717, 1.165) is 29.5 Å². The predicted molar refractivity (Wildman–Crippen MR) is 68.5 cm³/mol. The molecule has 0 amide bonds. The third-order valence-electron chi connectivity index (χ3n) is 2.37. The van der Waals surface area contributed by atoms with Crippen LogP contribution in [0.4, 0.5) is 5.82 Å². The molecule has 0 radical (unpaired) electrons. The molecule has 1 aromatic rings. The molecular formula is C11H21N3S. The maximum absolute atomic E-state index is 6.12. The molecule has 1 rings (SSSR count). The maximum Gasteiger partial charge on any atom is 0.127 e. The average Bonchev–Trinajstić information content (AvgIpc) is 2.36. The third-order valence-corrected chi connectivity index (χ3v) is 2.98. The summed E-state index contributed by atoms with van der Waals surface area (Å²) in [7, 11) is 0. The van der Waals surface area contributed by atoms with Gasteiger partial charge < -0.3 is 10.3 Å². The number of thioether (sulfide) groups is 1. The van der Waals surface area contributed by atoms with Gasteiger partial charge in [0.1, 0.15) is 11.6 Å². The minimum Gasteiger partial charge on any atom is -0.384 e. The molecule has 0 bridgehead atoms. The number of nitrogens with zero attached hydrogens (tertiary/aromatic N) is 2. The van der Waals surface area contributed by atoms with Gasteiger partial charge in [-0.3, -0.25) is 0 Å². The molecule has 0 spiro atoms. The van der Waals surface area contributed by atoms with Gasteiger partial charge in [0, 0.05) is 12.0 Å². The highest BCUT2D eigenvalue weighted by molar-refractivity contribution is 7.98. The van der Waals surface area contributed by atoms with Gasteiger partial charge in [-0.25, -0.2) is 4.98 Å². The molecule has 0 aliphatic carbocycles. The first-order valence-corrected chi connectivity index (χ1v) is 6.60. The Labute approximate surface area is 96.5 Å². The van der Waals surface area contributed by atoms with Gasteiger partial charge in [-0.15, -0.1) is 0 Å². The van der Waals surface area contributed by atoms with Crippen molar-refractivity contribution in [1.82, 2.24) is 9.55 Å². The van der Waals surface area contributed by atoms with Crippen LogP contribution < -0.4 is 5.73 Å². The molecule has 0 aliphatic rings. The van der Waals surface area contributed by atoms with Crippen LogP contribution in [0.15, 0.2) is 0 Å². The first-order valence-electron chi connectivity index (χ1n) is 5.21. The molecule has 3 nitrogen and oxygen atoms in total. The van der Waals surface area contributed by atoms with E-state index in [1.54, 1.807) is 0 Å². The second kappa shape index (κ2) is 4.47. The quantitative estimate of drug-likeness (QED) is 0.862. The monoisotopic (exact) mass is 227 g/mol. The van der Waals surface area contributed by atoms with Crippen molar-refractivity contribution in [3.8, 4) is 0 Å². The Morgan fingerprint density at radius 2 is 2.00 bits per heavy atom. The number of hydrogen-bond donors (Lipinski definition) is 1. The minimum absolute atomic E-state index is 0.0127. The number of rotatable bonds is 3. The van der Waals surface area contributed by atoms with E-state index in [1.807, 2.05) is 18.7 Å². The smallest absolute Gasteiger partial charge is 0.127 e. The lowest BCUT2D eigenvalue weighted by Crippen LogP contribution is -2.24. The zero-order valence-corrected chi connectivity index (χ0v) is 11.1. The van der Waals surface area contributed by atoms with Gasteiger partial charge >= 0.3 is 0 Å². The van der Waals surface area contributed by atoms with Crippen LogP contribution in [-0.4, -0.2) is 21.6 Å². The van der Waals surface area contributed by atoms with E-state index in [9.17, 15) is 0 Å². The topological polar surface area (TPSA) is 43.8 Å². The van der Waals surface area contributed by atoms with Crippen LogP contribution in [0.2, 0.25) is 0 Å². The zero-order chi connectivity index (χ0) is 11.6. The van der Waals surface area contributed by atoms with Crippen molar-refractivity contribution in [2.75, 3.05) is 17.7 Å². The molecule has 0 atom stereocenters. The Hall–Kier alpha value is -0.640. The van der Waals surface area contributed by atoms with Crippen molar-refractivity contribution in [2.45, 2.75) is 39.7 Å². The van der Waals surface area contributed by atoms with Crippen LogP contribution in [-0.2, 0) is 12.0 Å². The highest BCUT2D eigenvalue weighted by Crippen LogP contribution is 2.24. The van der Waals surface area contributed by atoms with Gasteiger partial charge in [-0.1, -0.05) is 0 Å². The van der Waals surface area contributed by atoms with Crippen molar-refractivity contribution in [3.63, 3.8) is 0 Å². The third kappa shape index (κ3) is 2.68. The molecular weight excluding hydrogens is 206 g/mol. The number of hydrogen-bond acceptors (Lipinski definition) is 3. The number of imidazole rings is 1. The van der Waals surface area contributed by atoms with E-state index < -0.39 is 0 Å². The second-order valence-electron chi connectivity index (χ2n) is 4.74. The lowest BCUT2D eigenvalue weighted by Gasteiger charge is -2.24. The SMILES string of the molecule is CSCCc1nc(C)n(C(C)(C)C)c1N. The molecule has 15 heavy (non-hydrogen) atoms. The van der Waals surface area contributed by atoms with Gasteiger partial charge in [0.05, 0.1) is 5.69 Å². The van der Waals surface area contributed by atoms with Crippen molar-refractivity contribution < 1.29 is 0 Å². The van der Waals surface area contributed by atoms with Crippen LogP contribution in [0.5, 0.6) is 0 Å². The van der Waals surface area contributed by atoms with Gasteiger partial charge in [0.25, 0.3) is 0 Å². The highest BCUT2D eigenvalue weighted by atomic mass is 32.2. The summed E-state index contributed by atoms with van der Waals surface area (Å²) in [5.41, 5.74) is 7.17. The van der Waals surface area contributed by atoms with E-state index in [2.05, 4.69) is 36.6 Å². The summed E-state index contributed by atoms with van der Waals surface area (Å²) in [4.78, 5) is 4.54. The van der Waals surface area contributed by atoms with Crippen molar-refractivity contribution in [1.29, 1.82) is 0 Å². The molecule has 0 aliphatic heterocycles. The molecule has 86 valence electrons. The summed E-state index contributed by atoms with van der Waals surface area (Å²) in [5.74, 6) is 2.91. The van der Waals surface area contributed by atoms with E-state index in [1.165, 1.54) is 0 Å². The molecule has 0 saturated heterocycles.